The van der Waals surface area contributed by atoms with Crippen molar-refractivity contribution in [2.45, 2.75) is 6.92 Å². The molecule has 2 aromatic carbocycles. The van der Waals surface area contributed by atoms with E-state index in [1.54, 1.807) is 38.5 Å². The van der Waals surface area contributed by atoms with Crippen molar-refractivity contribution in [1.82, 2.24) is 0 Å². The van der Waals surface area contributed by atoms with Gasteiger partial charge < -0.3 is 24.3 Å². The summed E-state index contributed by atoms with van der Waals surface area (Å²) in [4.78, 5) is 12.3. The van der Waals surface area contributed by atoms with Gasteiger partial charge in [-0.15, -0.1) is 0 Å². The molecule has 0 unspecified atom stereocenters. The molecular weight excluding hydrogens is 382 g/mol. The fraction of sp³-hybridized carbons (Fsp3) is 0.286. The Kier molecular flexibility index (Phi) is 8.65. The van der Waals surface area contributed by atoms with Gasteiger partial charge in [-0.3, -0.25) is 4.79 Å². The first kappa shape index (κ1) is 21.6. The first-order valence-electron chi connectivity index (χ1n) is 8.72. The molecule has 1 N–H and O–H groups in total. The van der Waals surface area contributed by atoms with Crippen molar-refractivity contribution < 1.29 is 23.7 Å². The van der Waals surface area contributed by atoms with Gasteiger partial charge >= 0.3 is 0 Å². The lowest BCUT2D eigenvalue weighted by atomic mass is 10.2. The van der Waals surface area contributed by atoms with Crippen LogP contribution in [0.4, 0.5) is 5.69 Å². The van der Waals surface area contributed by atoms with Crippen LogP contribution >= 0.6 is 11.6 Å². The smallest absolute Gasteiger partial charge is 0.262 e. The summed E-state index contributed by atoms with van der Waals surface area (Å²) in [6.07, 6.45) is 3.88. The summed E-state index contributed by atoms with van der Waals surface area (Å²) < 4.78 is 21.5. The van der Waals surface area contributed by atoms with E-state index in [1.807, 2.05) is 31.2 Å². The van der Waals surface area contributed by atoms with Crippen LogP contribution in [0, 0.1) is 0 Å². The van der Waals surface area contributed by atoms with Crippen LogP contribution in [0.25, 0.3) is 6.08 Å². The Bertz CT molecular complexity index is 822. The number of amides is 1. The van der Waals surface area contributed by atoms with Gasteiger partial charge in [0.25, 0.3) is 5.91 Å². The largest absolute Gasteiger partial charge is 0.493 e. The Labute approximate surface area is 170 Å². The van der Waals surface area contributed by atoms with Gasteiger partial charge in [0.05, 0.1) is 24.4 Å². The molecule has 0 spiro atoms. The molecule has 150 valence electrons. The van der Waals surface area contributed by atoms with E-state index in [0.29, 0.717) is 41.2 Å². The number of rotatable bonds is 10. The molecule has 0 fully saturated rings. The van der Waals surface area contributed by atoms with Crippen molar-refractivity contribution in [2.24, 2.45) is 0 Å². The molecule has 1 amide bonds. The zero-order chi connectivity index (χ0) is 20.4. The third-order valence-electron chi connectivity index (χ3n) is 3.68. The van der Waals surface area contributed by atoms with E-state index in [2.05, 4.69) is 5.32 Å². The molecule has 28 heavy (non-hydrogen) atoms. The lowest BCUT2D eigenvalue weighted by molar-refractivity contribution is -0.118. The maximum absolute atomic E-state index is 12.3. The van der Waals surface area contributed by atoms with Crippen molar-refractivity contribution in [3.63, 3.8) is 0 Å². The van der Waals surface area contributed by atoms with Gasteiger partial charge in [-0.05, 0) is 36.8 Å². The SMILES string of the molecule is C/C=C/c1ccc(OCC(=O)Nc2cccc(Cl)c2OCCOC)c(OC)c1. The third-order valence-corrected chi connectivity index (χ3v) is 3.98. The number of para-hydroxylation sites is 1. The van der Waals surface area contributed by atoms with Gasteiger partial charge in [-0.25, -0.2) is 0 Å². The highest BCUT2D eigenvalue weighted by molar-refractivity contribution is 6.32. The fourth-order valence-electron chi connectivity index (χ4n) is 2.41. The molecule has 2 rings (SSSR count). The number of halogens is 1. The number of nitrogens with one attached hydrogen (secondary N) is 1. The van der Waals surface area contributed by atoms with E-state index in [0.717, 1.165) is 5.56 Å². The predicted octanol–water partition coefficient (Wildman–Crippen LogP) is 4.42. The number of hydrogen-bond acceptors (Lipinski definition) is 5. The zero-order valence-corrected chi connectivity index (χ0v) is 16.9. The Morgan fingerprint density at radius 3 is 2.64 bits per heavy atom. The molecule has 0 saturated carbocycles. The maximum atomic E-state index is 12.3. The molecule has 6 nitrogen and oxygen atoms in total. The van der Waals surface area contributed by atoms with Gasteiger partial charge in [0.2, 0.25) is 0 Å². The second-order valence-corrected chi connectivity index (χ2v) is 6.11. The number of carbonyl (C=O) groups excluding carboxylic acids is 1. The quantitative estimate of drug-likeness (QED) is 0.592. The van der Waals surface area contributed by atoms with Crippen LogP contribution in [-0.2, 0) is 9.53 Å². The van der Waals surface area contributed by atoms with E-state index in [-0.39, 0.29) is 12.5 Å². The number of anilines is 1. The highest BCUT2D eigenvalue weighted by atomic mass is 35.5. The second kappa shape index (κ2) is 11.2. The first-order valence-corrected chi connectivity index (χ1v) is 9.10. The molecule has 0 aromatic heterocycles. The average molecular weight is 406 g/mol. The monoisotopic (exact) mass is 405 g/mol. The zero-order valence-electron chi connectivity index (χ0n) is 16.2. The molecule has 0 saturated heterocycles. The van der Waals surface area contributed by atoms with Crippen LogP contribution in [0.2, 0.25) is 5.02 Å². The van der Waals surface area contributed by atoms with Crippen LogP contribution < -0.4 is 19.5 Å². The topological polar surface area (TPSA) is 66.0 Å². The molecule has 0 radical (unpaired) electrons. The molecule has 0 aliphatic carbocycles. The highest BCUT2D eigenvalue weighted by Crippen LogP contribution is 2.33. The number of allylic oxidation sites excluding steroid dienone is 1. The number of methoxy groups -OCH3 is 2. The molecule has 0 heterocycles. The summed E-state index contributed by atoms with van der Waals surface area (Å²) in [5.74, 6) is 1.07. The van der Waals surface area contributed by atoms with Crippen LogP contribution in [0.3, 0.4) is 0 Å². The van der Waals surface area contributed by atoms with E-state index in [4.69, 9.17) is 30.5 Å². The van der Waals surface area contributed by atoms with Crippen LogP contribution in [-0.4, -0.2) is 39.9 Å². The molecule has 7 heteroatoms. The lowest BCUT2D eigenvalue weighted by Crippen LogP contribution is -2.21. The summed E-state index contributed by atoms with van der Waals surface area (Å²) in [5.41, 5.74) is 1.44. The number of carbonyl (C=O) groups is 1. The van der Waals surface area contributed by atoms with E-state index < -0.39 is 0 Å². The van der Waals surface area contributed by atoms with Crippen molar-refractivity contribution >= 4 is 29.3 Å². The molecule has 2 aromatic rings. The molecular formula is C21H24ClNO5. The minimum atomic E-state index is -0.349. The van der Waals surface area contributed by atoms with Crippen molar-refractivity contribution in [1.29, 1.82) is 0 Å². The highest BCUT2D eigenvalue weighted by Gasteiger charge is 2.13. The third kappa shape index (κ3) is 6.18. The van der Waals surface area contributed by atoms with Crippen molar-refractivity contribution in [3.8, 4) is 17.2 Å². The second-order valence-electron chi connectivity index (χ2n) is 5.70. The Hall–Kier alpha value is -2.70. The lowest BCUT2D eigenvalue weighted by Gasteiger charge is -2.15. The summed E-state index contributed by atoms with van der Waals surface area (Å²) in [7, 11) is 3.13. The van der Waals surface area contributed by atoms with Gasteiger partial charge in [-0.2, -0.15) is 0 Å². The van der Waals surface area contributed by atoms with Crippen LogP contribution in [0.1, 0.15) is 12.5 Å². The summed E-state index contributed by atoms with van der Waals surface area (Å²) >= 11 is 6.17. The number of benzene rings is 2. The Balaban J connectivity index is 2.02. The predicted molar refractivity (Wildman–Crippen MR) is 111 cm³/mol. The van der Waals surface area contributed by atoms with E-state index in [1.165, 1.54) is 0 Å². The summed E-state index contributed by atoms with van der Waals surface area (Å²) in [5, 5.41) is 3.15. The number of ether oxygens (including phenoxy) is 4. The average Bonchev–Trinajstić information content (AvgIpc) is 2.69. The standard InChI is InChI=1S/C21H24ClNO5/c1-4-6-15-9-10-18(19(13-15)26-3)28-14-20(24)23-17-8-5-7-16(22)21(17)27-12-11-25-2/h4-10,13H,11-12,14H2,1-3H3,(H,23,24)/b6-4+. The fourth-order valence-corrected chi connectivity index (χ4v) is 2.64. The Morgan fingerprint density at radius 1 is 1.11 bits per heavy atom. The van der Waals surface area contributed by atoms with Crippen LogP contribution in [0.5, 0.6) is 17.2 Å². The molecule has 0 aliphatic rings. The summed E-state index contributed by atoms with van der Waals surface area (Å²) in [6, 6.07) is 10.6. The minimum absolute atomic E-state index is 0.191. The van der Waals surface area contributed by atoms with Gasteiger partial charge in [0, 0.05) is 7.11 Å². The van der Waals surface area contributed by atoms with Gasteiger partial charge in [0.1, 0.15) is 6.61 Å². The molecule has 0 atom stereocenters. The molecule has 0 aliphatic heterocycles. The number of hydrogen-bond donors (Lipinski definition) is 1. The van der Waals surface area contributed by atoms with Crippen molar-refractivity contribution in [2.75, 3.05) is 39.4 Å². The summed E-state index contributed by atoms with van der Waals surface area (Å²) in [6.45, 7) is 2.47. The van der Waals surface area contributed by atoms with E-state index >= 15 is 0 Å². The minimum Gasteiger partial charge on any atom is -0.493 e. The maximum Gasteiger partial charge on any atom is 0.262 e. The van der Waals surface area contributed by atoms with Crippen molar-refractivity contribution in [3.05, 3.63) is 53.1 Å². The van der Waals surface area contributed by atoms with Gasteiger partial charge in [-0.1, -0.05) is 35.9 Å². The molecule has 0 bridgehead atoms. The normalized spacial score (nSPS) is 10.7. The van der Waals surface area contributed by atoms with Crippen LogP contribution in [0.15, 0.2) is 42.5 Å². The Morgan fingerprint density at radius 2 is 1.93 bits per heavy atom. The van der Waals surface area contributed by atoms with Gasteiger partial charge in [0.15, 0.2) is 23.9 Å². The first-order chi connectivity index (χ1) is 13.6. The van der Waals surface area contributed by atoms with E-state index in [9.17, 15) is 4.79 Å².